The van der Waals surface area contributed by atoms with Gasteiger partial charge in [0.15, 0.2) is 0 Å². The largest absolute Gasteiger partial charge is 0.459 e. The lowest BCUT2D eigenvalue weighted by molar-refractivity contribution is -0.149. The van der Waals surface area contributed by atoms with Crippen LogP contribution in [0.25, 0.3) is 0 Å². The first-order chi connectivity index (χ1) is 19.2. The Labute approximate surface area is 245 Å². The van der Waals surface area contributed by atoms with Crippen molar-refractivity contribution in [2.24, 2.45) is 0 Å². The average molecular weight is 589 g/mol. The molecule has 0 radical (unpaired) electrons. The number of thioether (sulfide) groups is 1. The molecule has 0 spiro atoms. The fourth-order valence-corrected chi connectivity index (χ4v) is 4.58. The SMILES string of the molecule is CSCC[C@H](NC(=O)[C@@H]1Cc2ncn(C(=O)OC(C)(C)C)c2CN1C(=O)OC(C)(C)C)C(=O)OCc1ccccc1. The molecule has 0 saturated heterocycles. The first-order valence-electron chi connectivity index (χ1n) is 13.5. The molecule has 0 saturated carbocycles. The molecule has 0 bridgehead atoms. The molecule has 0 unspecified atom stereocenters. The molecule has 0 aliphatic carbocycles. The van der Waals surface area contributed by atoms with Crippen molar-refractivity contribution in [1.29, 1.82) is 0 Å². The molecule has 2 aromatic rings. The van der Waals surface area contributed by atoms with Crippen LogP contribution in [-0.2, 0) is 43.4 Å². The fourth-order valence-electron chi connectivity index (χ4n) is 4.11. The van der Waals surface area contributed by atoms with Gasteiger partial charge < -0.3 is 19.5 Å². The quantitative estimate of drug-likeness (QED) is 0.354. The molecular formula is C29H40N4O7S. The number of nitrogens with one attached hydrogen (secondary N) is 1. The summed E-state index contributed by atoms with van der Waals surface area (Å²) >= 11 is 1.54. The van der Waals surface area contributed by atoms with Crippen molar-refractivity contribution in [3.05, 3.63) is 53.6 Å². The molecule has 1 aromatic heterocycles. The first-order valence-corrected chi connectivity index (χ1v) is 14.9. The number of aromatic nitrogens is 2. The summed E-state index contributed by atoms with van der Waals surface area (Å²) in [5.74, 6) is -0.502. The van der Waals surface area contributed by atoms with Crippen LogP contribution in [0.2, 0.25) is 0 Å². The van der Waals surface area contributed by atoms with Gasteiger partial charge in [0.05, 0.1) is 17.9 Å². The van der Waals surface area contributed by atoms with Gasteiger partial charge in [0.2, 0.25) is 5.91 Å². The predicted molar refractivity (Wildman–Crippen MR) is 154 cm³/mol. The molecule has 12 heteroatoms. The lowest BCUT2D eigenvalue weighted by atomic mass is 10.0. The van der Waals surface area contributed by atoms with Gasteiger partial charge in [-0.25, -0.2) is 23.9 Å². The Hall–Kier alpha value is -3.54. The van der Waals surface area contributed by atoms with Gasteiger partial charge in [-0.1, -0.05) is 30.3 Å². The minimum atomic E-state index is -1.03. The van der Waals surface area contributed by atoms with Gasteiger partial charge in [0, 0.05) is 6.42 Å². The number of hydrogen-bond acceptors (Lipinski definition) is 9. The second kappa shape index (κ2) is 13.4. The standard InChI is InChI=1S/C29H40N4O7S/c1-28(2,3)39-26(36)32-16-23-21(30-18-33(23)27(37)40-29(4,5)6)15-22(32)24(34)31-20(13-14-41-7)25(35)38-17-19-11-9-8-10-12-19/h8-12,18,20,22H,13-17H2,1-7H3,(H,31,34)/t20-,22-/m0/s1. The molecule has 0 fully saturated rings. The minimum absolute atomic E-state index is 0.0184. The van der Waals surface area contributed by atoms with E-state index in [-0.39, 0.29) is 19.6 Å². The Morgan fingerprint density at radius 1 is 1.02 bits per heavy atom. The number of benzene rings is 1. The molecule has 3 rings (SSSR count). The van der Waals surface area contributed by atoms with Crippen LogP contribution >= 0.6 is 11.8 Å². The Balaban J connectivity index is 1.84. The highest BCUT2D eigenvalue weighted by Gasteiger charge is 2.41. The zero-order valence-electron chi connectivity index (χ0n) is 24.8. The number of nitrogens with zero attached hydrogens (tertiary/aromatic N) is 3. The summed E-state index contributed by atoms with van der Waals surface area (Å²) in [4.78, 5) is 58.4. The normalized spacial score (nSPS) is 15.9. The summed E-state index contributed by atoms with van der Waals surface area (Å²) in [6.45, 7) is 10.4. The van der Waals surface area contributed by atoms with Gasteiger partial charge in [0.1, 0.15) is 36.2 Å². The molecule has 2 heterocycles. The Bertz CT molecular complexity index is 1230. The molecule has 1 aromatic carbocycles. The highest BCUT2D eigenvalue weighted by molar-refractivity contribution is 7.98. The highest BCUT2D eigenvalue weighted by Crippen LogP contribution is 2.26. The zero-order chi connectivity index (χ0) is 30.4. The highest BCUT2D eigenvalue weighted by atomic mass is 32.2. The summed E-state index contributed by atoms with van der Waals surface area (Å²) < 4.78 is 17.8. The van der Waals surface area contributed by atoms with E-state index >= 15 is 0 Å². The number of hydrogen-bond donors (Lipinski definition) is 1. The second-order valence-electron chi connectivity index (χ2n) is 11.8. The van der Waals surface area contributed by atoms with E-state index in [1.54, 1.807) is 41.5 Å². The lowest BCUT2D eigenvalue weighted by Crippen LogP contribution is -2.56. The van der Waals surface area contributed by atoms with Crippen LogP contribution in [0.3, 0.4) is 0 Å². The third-order valence-electron chi connectivity index (χ3n) is 5.99. The van der Waals surface area contributed by atoms with Gasteiger partial charge in [-0.05, 0) is 65.5 Å². The van der Waals surface area contributed by atoms with Crippen molar-refractivity contribution >= 4 is 35.8 Å². The number of carbonyl (C=O) groups is 4. The number of carbonyl (C=O) groups excluding carboxylic acids is 4. The van der Waals surface area contributed by atoms with Crippen molar-refractivity contribution in [2.75, 3.05) is 12.0 Å². The molecule has 2 amide bonds. The molecule has 1 N–H and O–H groups in total. The van der Waals surface area contributed by atoms with Crippen LogP contribution in [-0.4, -0.2) is 73.8 Å². The van der Waals surface area contributed by atoms with Crippen LogP contribution in [0, 0.1) is 0 Å². The van der Waals surface area contributed by atoms with E-state index in [1.165, 1.54) is 27.6 Å². The van der Waals surface area contributed by atoms with Gasteiger partial charge in [0.25, 0.3) is 0 Å². The van der Waals surface area contributed by atoms with Crippen molar-refractivity contribution in [3.8, 4) is 0 Å². The van der Waals surface area contributed by atoms with Gasteiger partial charge in [-0.15, -0.1) is 0 Å². The molecule has 224 valence electrons. The summed E-state index contributed by atoms with van der Waals surface area (Å²) in [5.41, 5.74) is 0.161. The molecule has 1 aliphatic rings. The smallest absolute Gasteiger partial charge is 0.420 e. The molecule has 41 heavy (non-hydrogen) atoms. The molecular weight excluding hydrogens is 548 g/mol. The van der Waals surface area contributed by atoms with E-state index in [1.807, 2.05) is 36.6 Å². The monoisotopic (exact) mass is 588 g/mol. The minimum Gasteiger partial charge on any atom is -0.459 e. The topological polar surface area (TPSA) is 129 Å². The number of esters is 1. The van der Waals surface area contributed by atoms with Gasteiger partial charge in [-0.2, -0.15) is 11.8 Å². The van der Waals surface area contributed by atoms with E-state index in [4.69, 9.17) is 14.2 Å². The van der Waals surface area contributed by atoms with Gasteiger partial charge >= 0.3 is 18.2 Å². The Morgan fingerprint density at radius 2 is 1.66 bits per heavy atom. The molecule has 2 atom stereocenters. The van der Waals surface area contributed by atoms with Crippen molar-refractivity contribution in [2.45, 2.75) is 90.8 Å². The second-order valence-corrected chi connectivity index (χ2v) is 12.7. The van der Waals surface area contributed by atoms with E-state index in [0.29, 0.717) is 23.6 Å². The van der Waals surface area contributed by atoms with Crippen LogP contribution < -0.4 is 5.32 Å². The molecule has 1 aliphatic heterocycles. The summed E-state index contributed by atoms with van der Waals surface area (Å²) in [6, 6.07) is 7.31. The fraction of sp³-hybridized carbons (Fsp3) is 0.552. The van der Waals surface area contributed by atoms with E-state index < -0.39 is 47.3 Å². The lowest BCUT2D eigenvalue weighted by Gasteiger charge is -2.36. The number of ether oxygens (including phenoxy) is 3. The van der Waals surface area contributed by atoms with Gasteiger partial charge in [-0.3, -0.25) is 9.69 Å². The zero-order valence-corrected chi connectivity index (χ0v) is 25.6. The number of amides is 2. The molecule has 11 nitrogen and oxygen atoms in total. The van der Waals surface area contributed by atoms with E-state index in [0.717, 1.165) is 5.56 Å². The third-order valence-corrected chi connectivity index (χ3v) is 6.64. The van der Waals surface area contributed by atoms with E-state index in [2.05, 4.69) is 10.3 Å². The first kappa shape index (κ1) is 32.0. The van der Waals surface area contributed by atoms with Crippen LogP contribution in [0.15, 0.2) is 36.7 Å². The Morgan fingerprint density at radius 3 is 2.27 bits per heavy atom. The summed E-state index contributed by atoms with van der Waals surface area (Å²) in [6.07, 6.45) is 2.23. The predicted octanol–water partition coefficient (Wildman–Crippen LogP) is 4.31. The summed E-state index contributed by atoms with van der Waals surface area (Å²) in [7, 11) is 0. The Kier molecular flexibility index (Phi) is 10.5. The maximum Gasteiger partial charge on any atom is 0.420 e. The van der Waals surface area contributed by atoms with Crippen LogP contribution in [0.1, 0.15) is 64.9 Å². The van der Waals surface area contributed by atoms with Crippen LogP contribution in [0.4, 0.5) is 9.59 Å². The number of imidazole rings is 1. The average Bonchev–Trinajstić information content (AvgIpc) is 3.30. The van der Waals surface area contributed by atoms with Crippen molar-refractivity contribution < 1.29 is 33.4 Å². The maximum absolute atomic E-state index is 13.7. The number of fused-ring (bicyclic) bond motifs is 1. The van der Waals surface area contributed by atoms with E-state index in [9.17, 15) is 19.2 Å². The van der Waals surface area contributed by atoms with Crippen molar-refractivity contribution in [3.63, 3.8) is 0 Å². The third kappa shape index (κ3) is 9.24. The van der Waals surface area contributed by atoms with Crippen molar-refractivity contribution in [1.82, 2.24) is 19.8 Å². The maximum atomic E-state index is 13.7. The number of rotatable bonds is 8. The summed E-state index contributed by atoms with van der Waals surface area (Å²) in [5, 5.41) is 2.79. The van der Waals surface area contributed by atoms with Crippen LogP contribution in [0.5, 0.6) is 0 Å².